The molecule has 1 saturated heterocycles. The van der Waals surface area contributed by atoms with E-state index in [9.17, 15) is 4.39 Å². The molecule has 0 amide bonds. The lowest BCUT2D eigenvalue weighted by Crippen LogP contribution is -2.45. The SMILES string of the molecule is CC(C)(C)NCC1(Cc2ccc(F)c(Cl)c2)CCOC1. The van der Waals surface area contributed by atoms with Gasteiger partial charge in [0.15, 0.2) is 0 Å². The number of nitrogens with one attached hydrogen (secondary N) is 1. The first-order valence-corrected chi connectivity index (χ1v) is 7.44. The highest BCUT2D eigenvalue weighted by molar-refractivity contribution is 6.30. The van der Waals surface area contributed by atoms with Crippen molar-refractivity contribution in [1.82, 2.24) is 5.32 Å². The van der Waals surface area contributed by atoms with Crippen LogP contribution in [-0.4, -0.2) is 25.3 Å². The van der Waals surface area contributed by atoms with Crippen molar-refractivity contribution in [2.45, 2.75) is 39.2 Å². The maximum absolute atomic E-state index is 13.2. The topological polar surface area (TPSA) is 21.3 Å². The fraction of sp³-hybridized carbons (Fsp3) is 0.625. The average molecular weight is 300 g/mol. The zero-order chi connectivity index (χ0) is 14.8. The molecule has 2 rings (SSSR count). The van der Waals surface area contributed by atoms with Gasteiger partial charge in [-0.3, -0.25) is 0 Å². The predicted molar refractivity (Wildman–Crippen MR) is 80.7 cm³/mol. The minimum atomic E-state index is -0.361. The molecule has 1 aromatic carbocycles. The highest BCUT2D eigenvalue weighted by Crippen LogP contribution is 2.33. The lowest BCUT2D eigenvalue weighted by molar-refractivity contribution is 0.144. The molecule has 1 N–H and O–H groups in total. The lowest BCUT2D eigenvalue weighted by Gasteiger charge is -2.32. The van der Waals surface area contributed by atoms with E-state index in [0.29, 0.717) is 0 Å². The number of hydrogen-bond acceptors (Lipinski definition) is 2. The summed E-state index contributed by atoms with van der Waals surface area (Å²) in [6.45, 7) is 8.90. The third-order valence-corrected chi connectivity index (χ3v) is 4.03. The molecule has 0 saturated carbocycles. The molecule has 1 atom stereocenters. The number of halogens is 2. The molecule has 1 fully saturated rings. The summed E-state index contributed by atoms with van der Waals surface area (Å²) >= 11 is 5.87. The molecule has 0 radical (unpaired) electrons. The van der Waals surface area contributed by atoms with E-state index in [1.807, 2.05) is 6.07 Å². The van der Waals surface area contributed by atoms with Gasteiger partial charge in [-0.15, -0.1) is 0 Å². The number of rotatable bonds is 4. The van der Waals surface area contributed by atoms with E-state index < -0.39 is 0 Å². The molecule has 1 heterocycles. The minimum absolute atomic E-state index is 0.0778. The molecule has 4 heteroatoms. The Kier molecular flexibility index (Phi) is 4.73. The van der Waals surface area contributed by atoms with Crippen LogP contribution in [0.1, 0.15) is 32.8 Å². The summed E-state index contributed by atoms with van der Waals surface area (Å²) in [5.41, 5.74) is 1.22. The summed E-state index contributed by atoms with van der Waals surface area (Å²) in [7, 11) is 0. The smallest absolute Gasteiger partial charge is 0.141 e. The molecule has 1 unspecified atom stereocenters. The molecule has 0 bridgehead atoms. The van der Waals surface area contributed by atoms with E-state index in [0.717, 1.165) is 38.2 Å². The Bertz CT molecular complexity index is 464. The van der Waals surface area contributed by atoms with Crippen LogP contribution < -0.4 is 5.32 Å². The Labute approximate surface area is 125 Å². The zero-order valence-corrected chi connectivity index (χ0v) is 13.2. The van der Waals surface area contributed by atoms with Gasteiger partial charge in [-0.25, -0.2) is 4.39 Å². The molecule has 20 heavy (non-hydrogen) atoms. The van der Waals surface area contributed by atoms with Crippen LogP contribution in [0, 0.1) is 11.2 Å². The Morgan fingerprint density at radius 3 is 2.70 bits per heavy atom. The summed E-state index contributed by atoms with van der Waals surface area (Å²) in [5.74, 6) is -0.361. The molecule has 1 aliphatic rings. The molecule has 0 aromatic heterocycles. The molecule has 112 valence electrons. The molecular weight excluding hydrogens is 277 g/mol. The van der Waals surface area contributed by atoms with E-state index in [1.165, 1.54) is 6.07 Å². The monoisotopic (exact) mass is 299 g/mol. The first-order valence-electron chi connectivity index (χ1n) is 7.06. The highest BCUT2D eigenvalue weighted by atomic mass is 35.5. The quantitative estimate of drug-likeness (QED) is 0.912. The van der Waals surface area contributed by atoms with Crippen LogP contribution in [-0.2, 0) is 11.2 Å². The van der Waals surface area contributed by atoms with Gasteiger partial charge in [0.2, 0.25) is 0 Å². The fourth-order valence-electron chi connectivity index (χ4n) is 2.53. The summed E-state index contributed by atoms with van der Waals surface area (Å²) < 4.78 is 18.8. The van der Waals surface area contributed by atoms with Crippen molar-refractivity contribution in [3.8, 4) is 0 Å². The van der Waals surface area contributed by atoms with Gasteiger partial charge < -0.3 is 10.1 Å². The summed E-state index contributed by atoms with van der Waals surface area (Å²) in [6.07, 6.45) is 1.88. The summed E-state index contributed by atoms with van der Waals surface area (Å²) in [4.78, 5) is 0. The van der Waals surface area contributed by atoms with Gasteiger partial charge in [0.1, 0.15) is 5.82 Å². The Morgan fingerprint density at radius 1 is 1.40 bits per heavy atom. The van der Waals surface area contributed by atoms with Crippen molar-refractivity contribution < 1.29 is 9.13 Å². The Morgan fingerprint density at radius 2 is 2.15 bits per heavy atom. The second-order valence-electron chi connectivity index (χ2n) is 6.83. The van der Waals surface area contributed by atoms with Gasteiger partial charge in [0, 0.05) is 24.1 Å². The van der Waals surface area contributed by atoms with E-state index in [-0.39, 0.29) is 21.8 Å². The predicted octanol–water partition coefficient (Wildman–Crippen LogP) is 3.82. The minimum Gasteiger partial charge on any atom is -0.381 e. The first kappa shape index (κ1) is 15.7. The standard InChI is InChI=1S/C16H23ClFNO/c1-15(2,3)19-10-16(6-7-20-11-16)9-12-4-5-14(18)13(17)8-12/h4-5,8,19H,6-7,9-11H2,1-3H3. The van der Waals surface area contributed by atoms with Crippen molar-refractivity contribution in [1.29, 1.82) is 0 Å². The van der Waals surface area contributed by atoms with Crippen LogP contribution >= 0.6 is 11.6 Å². The second kappa shape index (κ2) is 6.00. The maximum Gasteiger partial charge on any atom is 0.141 e. The third-order valence-electron chi connectivity index (χ3n) is 3.74. The van der Waals surface area contributed by atoms with Crippen LogP contribution in [0.15, 0.2) is 18.2 Å². The van der Waals surface area contributed by atoms with Crippen molar-refractivity contribution in [2.75, 3.05) is 19.8 Å². The van der Waals surface area contributed by atoms with Crippen molar-refractivity contribution in [2.24, 2.45) is 5.41 Å². The van der Waals surface area contributed by atoms with Gasteiger partial charge in [-0.05, 0) is 51.3 Å². The van der Waals surface area contributed by atoms with Crippen LogP contribution in [0.4, 0.5) is 4.39 Å². The third kappa shape index (κ3) is 4.18. The van der Waals surface area contributed by atoms with Crippen molar-refractivity contribution >= 4 is 11.6 Å². The number of benzene rings is 1. The molecule has 2 nitrogen and oxygen atoms in total. The van der Waals surface area contributed by atoms with Crippen molar-refractivity contribution in [3.63, 3.8) is 0 Å². The van der Waals surface area contributed by atoms with Gasteiger partial charge in [-0.2, -0.15) is 0 Å². The van der Waals surface area contributed by atoms with Crippen LogP contribution in [0.2, 0.25) is 5.02 Å². The summed E-state index contributed by atoms with van der Waals surface area (Å²) in [6, 6.07) is 4.99. The molecular formula is C16H23ClFNO. The van der Waals surface area contributed by atoms with E-state index >= 15 is 0 Å². The molecule has 1 aliphatic heterocycles. The lowest BCUT2D eigenvalue weighted by atomic mass is 9.80. The highest BCUT2D eigenvalue weighted by Gasteiger charge is 2.35. The van der Waals surface area contributed by atoms with E-state index in [1.54, 1.807) is 6.07 Å². The van der Waals surface area contributed by atoms with Crippen molar-refractivity contribution in [3.05, 3.63) is 34.6 Å². The van der Waals surface area contributed by atoms with E-state index in [2.05, 4.69) is 26.1 Å². The Balaban J connectivity index is 2.10. The van der Waals surface area contributed by atoms with Gasteiger partial charge >= 0.3 is 0 Å². The number of hydrogen-bond donors (Lipinski definition) is 1. The Hall–Kier alpha value is -0.640. The summed E-state index contributed by atoms with van der Waals surface area (Å²) in [5, 5.41) is 3.76. The van der Waals surface area contributed by atoms with E-state index in [4.69, 9.17) is 16.3 Å². The molecule has 1 aromatic rings. The van der Waals surface area contributed by atoms with Crippen LogP contribution in [0.5, 0.6) is 0 Å². The second-order valence-corrected chi connectivity index (χ2v) is 7.24. The maximum atomic E-state index is 13.2. The van der Waals surface area contributed by atoms with Gasteiger partial charge in [0.05, 0.1) is 11.6 Å². The normalized spacial score (nSPS) is 23.2. The zero-order valence-electron chi connectivity index (χ0n) is 12.4. The molecule has 0 spiro atoms. The van der Waals surface area contributed by atoms with Crippen LogP contribution in [0.3, 0.4) is 0 Å². The van der Waals surface area contributed by atoms with Crippen LogP contribution in [0.25, 0.3) is 0 Å². The first-order chi connectivity index (χ1) is 9.30. The van der Waals surface area contributed by atoms with Gasteiger partial charge in [-0.1, -0.05) is 17.7 Å². The van der Waals surface area contributed by atoms with Gasteiger partial charge in [0.25, 0.3) is 0 Å². The number of ether oxygens (including phenoxy) is 1. The average Bonchev–Trinajstić information content (AvgIpc) is 2.80. The molecule has 0 aliphatic carbocycles. The fourth-order valence-corrected chi connectivity index (χ4v) is 2.73. The largest absolute Gasteiger partial charge is 0.381 e.